The van der Waals surface area contributed by atoms with Crippen LogP contribution in [0.2, 0.25) is 0 Å². The molecule has 0 spiro atoms. The minimum atomic E-state index is 1.25. The molecule has 0 unspecified atom stereocenters. The summed E-state index contributed by atoms with van der Waals surface area (Å²) in [7, 11) is 0. The Morgan fingerprint density at radius 1 is 1.00 bits per heavy atom. The molecule has 0 saturated heterocycles. The van der Waals surface area contributed by atoms with Crippen LogP contribution in [0.3, 0.4) is 0 Å². The Labute approximate surface area is 76.9 Å². The van der Waals surface area contributed by atoms with Crippen LogP contribution in [0.15, 0.2) is 43.5 Å². The minimum Gasteiger partial charge on any atom is -0.106 e. The quantitative estimate of drug-likeness (QED) is 0.504. The van der Waals surface area contributed by atoms with Crippen molar-refractivity contribution in [1.82, 2.24) is 0 Å². The van der Waals surface area contributed by atoms with Gasteiger partial charge in [-0.25, -0.2) is 0 Å². The van der Waals surface area contributed by atoms with Gasteiger partial charge in [-0.05, 0) is 6.92 Å². The van der Waals surface area contributed by atoms with E-state index in [1.807, 2.05) is 18.2 Å². The highest BCUT2D eigenvalue weighted by atomic mass is 13.8. The van der Waals surface area contributed by atoms with Crippen LogP contribution < -0.4 is 0 Å². The molecule has 0 N–H and O–H groups in total. The molecule has 0 atom stereocenters. The average molecular weight is 164 g/mol. The second-order valence-electron chi connectivity index (χ2n) is 2.36. The Morgan fingerprint density at radius 2 is 1.33 bits per heavy atom. The molecule has 0 heterocycles. The van der Waals surface area contributed by atoms with Gasteiger partial charge in [-0.2, -0.15) is 0 Å². The molecule has 1 aromatic rings. The molecule has 0 aliphatic carbocycles. The summed E-state index contributed by atoms with van der Waals surface area (Å²) in [6.07, 6.45) is 1.25. The van der Waals surface area contributed by atoms with Crippen molar-refractivity contribution in [3.05, 3.63) is 49.1 Å². The van der Waals surface area contributed by atoms with Crippen LogP contribution in [-0.4, -0.2) is 0 Å². The van der Waals surface area contributed by atoms with Crippen molar-refractivity contribution in [1.29, 1.82) is 0 Å². The summed E-state index contributed by atoms with van der Waals surface area (Å²) in [6, 6.07) is 10.3. The number of benzene rings is 1. The van der Waals surface area contributed by atoms with E-state index in [4.69, 9.17) is 0 Å². The van der Waals surface area contributed by atoms with E-state index < -0.39 is 0 Å². The van der Waals surface area contributed by atoms with Gasteiger partial charge in [0.1, 0.15) is 0 Å². The van der Waals surface area contributed by atoms with Crippen molar-refractivity contribution >= 4 is 0 Å². The lowest BCUT2D eigenvalue weighted by Gasteiger charge is -1.82. The topological polar surface area (TPSA) is 0 Å². The van der Waals surface area contributed by atoms with Gasteiger partial charge in [0.15, 0.2) is 0 Å². The predicted octanol–water partition coefficient (Wildman–Crippen LogP) is 4.21. The summed E-state index contributed by atoms with van der Waals surface area (Å²) in [5, 5.41) is 0. The van der Waals surface area contributed by atoms with E-state index in [0.717, 1.165) is 0 Å². The highest BCUT2D eigenvalue weighted by Crippen LogP contribution is 1.92. The van der Waals surface area contributed by atoms with Crippen LogP contribution in [0.5, 0.6) is 0 Å². The van der Waals surface area contributed by atoms with Crippen LogP contribution in [-0.2, 0) is 0 Å². The van der Waals surface area contributed by atoms with Crippen molar-refractivity contribution in [3.63, 3.8) is 0 Å². The van der Waals surface area contributed by atoms with Gasteiger partial charge < -0.3 is 0 Å². The SMILES string of the molecule is C=C.CCC.Cc1ccccc1. The van der Waals surface area contributed by atoms with E-state index in [1.165, 1.54) is 12.0 Å². The zero-order chi connectivity index (χ0) is 9.82. The summed E-state index contributed by atoms with van der Waals surface area (Å²) >= 11 is 0. The summed E-state index contributed by atoms with van der Waals surface area (Å²) in [5.74, 6) is 0. The van der Waals surface area contributed by atoms with Crippen LogP contribution in [0.1, 0.15) is 25.8 Å². The van der Waals surface area contributed by atoms with Crippen LogP contribution in [0.4, 0.5) is 0 Å². The standard InChI is InChI=1S/C7H8.C3H8.C2H4/c1-7-5-3-2-4-6-7;1-3-2;1-2/h2-6H,1H3;3H2,1-2H3;1-2H2. The largest absolute Gasteiger partial charge is 0.106 e. The van der Waals surface area contributed by atoms with Gasteiger partial charge in [0, 0.05) is 0 Å². The molecular weight excluding hydrogens is 144 g/mol. The van der Waals surface area contributed by atoms with Crippen molar-refractivity contribution < 1.29 is 0 Å². The van der Waals surface area contributed by atoms with Gasteiger partial charge >= 0.3 is 0 Å². The fourth-order valence-corrected chi connectivity index (χ4v) is 0.534. The van der Waals surface area contributed by atoms with Gasteiger partial charge in [-0.3, -0.25) is 0 Å². The van der Waals surface area contributed by atoms with Gasteiger partial charge in [-0.1, -0.05) is 56.2 Å². The molecule has 0 amide bonds. The number of hydrogen-bond acceptors (Lipinski definition) is 0. The first-order chi connectivity index (χ1) is 5.81. The summed E-state index contributed by atoms with van der Waals surface area (Å²) in [4.78, 5) is 0. The van der Waals surface area contributed by atoms with E-state index in [2.05, 4.69) is 46.1 Å². The summed E-state index contributed by atoms with van der Waals surface area (Å²) < 4.78 is 0. The third kappa shape index (κ3) is 11.7. The highest BCUT2D eigenvalue weighted by Gasteiger charge is 1.72. The Hall–Kier alpha value is -1.04. The first-order valence-corrected chi connectivity index (χ1v) is 4.32. The van der Waals surface area contributed by atoms with E-state index >= 15 is 0 Å². The first-order valence-electron chi connectivity index (χ1n) is 4.32. The van der Waals surface area contributed by atoms with Crippen molar-refractivity contribution in [3.8, 4) is 0 Å². The van der Waals surface area contributed by atoms with Crippen LogP contribution in [0.25, 0.3) is 0 Å². The van der Waals surface area contributed by atoms with E-state index in [-0.39, 0.29) is 0 Å². The first kappa shape index (κ1) is 13.5. The van der Waals surface area contributed by atoms with Gasteiger partial charge in [0.05, 0.1) is 0 Å². The number of rotatable bonds is 0. The second kappa shape index (κ2) is 12.6. The third-order valence-electron chi connectivity index (χ3n) is 0.940. The fraction of sp³-hybridized carbons (Fsp3) is 0.333. The highest BCUT2D eigenvalue weighted by molar-refractivity contribution is 5.11. The van der Waals surface area contributed by atoms with E-state index in [0.29, 0.717) is 0 Å². The maximum absolute atomic E-state index is 3.00. The molecule has 1 rings (SSSR count). The Bertz CT molecular complexity index is 153. The zero-order valence-corrected chi connectivity index (χ0v) is 8.51. The summed E-state index contributed by atoms with van der Waals surface area (Å²) in [6.45, 7) is 12.3. The lowest BCUT2D eigenvalue weighted by Crippen LogP contribution is -1.62. The molecule has 1 aromatic carbocycles. The van der Waals surface area contributed by atoms with Crippen molar-refractivity contribution in [2.45, 2.75) is 27.2 Å². The van der Waals surface area contributed by atoms with E-state index in [9.17, 15) is 0 Å². The number of aryl methyl sites for hydroxylation is 1. The molecule has 0 aliphatic heterocycles. The molecule has 0 aromatic heterocycles. The molecule has 0 fully saturated rings. The van der Waals surface area contributed by atoms with Crippen molar-refractivity contribution in [2.75, 3.05) is 0 Å². The number of hydrogen-bond donors (Lipinski definition) is 0. The smallest absolute Gasteiger partial charge is 0.0398 e. The molecule has 0 aliphatic rings. The average Bonchev–Trinajstić information content (AvgIpc) is 2.11. The van der Waals surface area contributed by atoms with E-state index in [1.54, 1.807) is 0 Å². The molecule has 12 heavy (non-hydrogen) atoms. The zero-order valence-electron chi connectivity index (χ0n) is 8.51. The second-order valence-corrected chi connectivity index (χ2v) is 2.36. The lowest BCUT2D eigenvalue weighted by atomic mass is 10.2. The Balaban J connectivity index is 0. The lowest BCUT2D eigenvalue weighted by molar-refractivity contribution is 1.09. The Kier molecular flexibility index (Phi) is 14.2. The third-order valence-corrected chi connectivity index (χ3v) is 0.940. The fourth-order valence-electron chi connectivity index (χ4n) is 0.534. The van der Waals surface area contributed by atoms with Crippen LogP contribution in [0, 0.1) is 6.92 Å². The van der Waals surface area contributed by atoms with Crippen LogP contribution >= 0.6 is 0 Å². The maximum atomic E-state index is 3.00. The molecule has 0 bridgehead atoms. The Morgan fingerprint density at radius 3 is 1.50 bits per heavy atom. The summed E-state index contributed by atoms with van der Waals surface area (Å²) in [5.41, 5.74) is 1.32. The molecular formula is C12H20. The van der Waals surface area contributed by atoms with Crippen molar-refractivity contribution in [2.24, 2.45) is 0 Å². The van der Waals surface area contributed by atoms with Gasteiger partial charge in [0.2, 0.25) is 0 Å². The maximum Gasteiger partial charge on any atom is -0.0398 e. The minimum absolute atomic E-state index is 1.25. The molecule has 0 heteroatoms. The molecule has 0 saturated carbocycles. The molecule has 0 nitrogen and oxygen atoms in total. The normalized spacial score (nSPS) is 6.92. The predicted molar refractivity (Wildman–Crippen MR) is 58.4 cm³/mol. The van der Waals surface area contributed by atoms with Gasteiger partial charge in [-0.15, -0.1) is 13.2 Å². The van der Waals surface area contributed by atoms with Gasteiger partial charge in [0.25, 0.3) is 0 Å². The molecule has 0 radical (unpaired) electrons. The molecule has 68 valence electrons. The monoisotopic (exact) mass is 164 g/mol.